The molecule has 0 aliphatic rings. The number of anilines is 1. The summed E-state index contributed by atoms with van der Waals surface area (Å²) in [4.78, 5) is 6.56. The monoisotopic (exact) mass is 327 g/mol. The number of benzene rings is 1. The van der Waals surface area contributed by atoms with Gasteiger partial charge in [0.15, 0.2) is 5.96 Å². The third-order valence-electron chi connectivity index (χ3n) is 3.96. The van der Waals surface area contributed by atoms with Gasteiger partial charge >= 0.3 is 0 Å². The third-order valence-corrected chi connectivity index (χ3v) is 3.96. The van der Waals surface area contributed by atoms with E-state index >= 15 is 0 Å². The first-order valence-corrected chi connectivity index (χ1v) is 8.61. The average Bonchev–Trinajstić information content (AvgIpc) is 3.14. The zero-order valence-electron chi connectivity index (χ0n) is 14.8. The van der Waals surface area contributed by atoms with Crippen LogP contribution in [0, 0.1) is 0 Å². The molecule has 0 saturated heterocycles. The first-order chi connectivity index (χ1) is 11.8. The van der Waals surface area contributed by atoms with Crippen molar-refractivity contribution in [2.75, 3.05) is 38.6 Å². The van der Waals surface area contributed by atoms with Crippen molar-refractivity contribution in [3.63, 3.8) is 0 Å². The van der Waals surface area contributed by atoms with Crippen LogP contribution in [0.5, 0.6) is 0 Å². The molecule has 0 saturated carbocycles. The minimum atomic E-state index is 0.866. The van der Waals surface area contributed by atoms with Crippen LogP contribution in [0.3, 0.4) is 0 Å². The second-order valence-electron chi connectivity index (χ2n) is 5.81. The van der Waals surface area contributed by atoms with Gasteiger partial charge in [-0.1, -0.05) is 18.2 Å². The van der Waals surface area contributed by atoms with Crippen LogP contribution >= 0.6 is 0 Å². The van der Waals surface area contributed by atoms with Crippen molar-refractivity contribution in [2.24, 2.45) is 4.99 Å². The van der Waals surface area contributed by atoms with E-state index in [0.717, 1.165) is 45.0 Å². The molecule has 0 aliphatic heterocycles. The summed E-state index contributed by atoms with van der Waals surface area (Å²) in [5.41, 5.74) is 1.27. The Balaban J connectivity index is 1.55. The van der Waals surface area contributed by atoms with E-state index in [1.165, 1.54) is 5.69 Å². The Morgan fingerprint density at radius 2 is 1.71 bits per heavy atom. The highest BCUT2D eigenvalue weighted by atomic mass is 15.2. The molecule has 0 amide bonds. The molecule has 130 valence electrons. The average molecular weight is 327 g/mol. The summed E-state index contributed by atoms with van der Waals surface area (Å²) >= 11 is 0. The first-order valence-electron chi connectivity index (χ1n) is 8.61. The van der Waals surface area contributed by atoms with Crippen molar-refractivity contribution in [1.29, 1.82) is 0 Å². The Hall–Kier alpha value is -2.43. The van der Waals surface area contributed by atoms with Crippen molar-refractivity contribution >= 4 is 11.6 Å². The maximum absolute atomic E-state index is 4.26. The van der Waals surface area contributed by atoms with Crippen LogP contribution in [0.2, 0.25) is 0 Å². The lowest BCUT2D eigenvalue weighted by Crippen LogP contribution is -2.39. The lowest BCUT2D eigenvalue weighted by molar-refractivity contribution is 0.652. The fraction of sp³-hybridized carbons (Fsp3) is 0.421. The third kappa shape index (κ3) is 6.36. The summed E-state index contributed by atoms with van der Waals surface area (Å²) < 4.78 is 2.15. The second-order valence-corrected chi connectivity index (χ2v) is 5.81. The highest BCUT2D eigenvalue weighted by Gasteiger charge is 2.00. The number of nitrogens with one attached hydrogen (secondary N) is 2. The highest BCUT2D eigenvalue weighted by molar-refractivity contribution is 5.79. The Morgan fingerprint density at radius 3 is 2.42 bits per heavy atom. The number of aromatic nitrogens is 1. The molecule has 1 aromatic heterocycles. The molecular formula is C19H29N5. The summed E-state index contributed by atoms with van der Waals surface area (Å²) in [6, 6.07) is 14.6. The maximum atomic E-state index is 4.26. The van der Waals surface area contributed by atoms with Crippen molar-refractivity contribution in [2.45, 2.75) is 19.4 Å². The Kier molecular flexibility index (Phi) is 7.74. The van der Waals surface area contributed by atoms with Crippen LogP contribution in [0.25, 0.3) is 0 Å². The van der Waals surface area contributed by atoms with Crippen LogP contribution in [0.1, 0.15) is 12.8 Å². The molecule has 0 fully saturated rings. The highest BCUT2D eigenvalue weighted by Crippen LogP contribution is 2.11. The van der Waals surface area contributed by atoms with Gasteiger partial charge in [-0.25, -0.2) is 0 Å². The van der Waals surface area contributed by atoms with Crippen molar-refractivity contribution in [3.05, 3.63) is 54.9 Å². The minimum Gasteiger partial charge on any atom is -0.375 e. The van der Waals surface area contributed by atoms with E-state index in [1.54, 1.807) is 0 Å². The number of hydrogen-bond acceptors (Lipinski definition) is 2. The molecule has 5 nitrogen and oxygen atoms in total. The van der Waals surface area contributed by atoms with Gasteiger partial charge in [0.2, 0.25) is 0 Å². The first kappa shape index (κ1) is 17.9. The van der Waals surface area contributed by atoms with Gasteiger partial charge in [-0.3, -0.25) is 4.99 Å². The van der Waals surface area contributed by atoms with Gasteiger partial charge in [0, 0.05) is 58.4 Å². The lowest BCUT2D eigenvalue weighted by Gasteiger charge is -2.19. The number of aliphatic imine (C=N–C) groups is 1. The summed E-state index contributed by atoms with van der Waals surface area (Å²) in [6.45, 7) is 3.80. The molecule has 1 heterocycles. The Labute approximate surface area is 145 Å². The van der Waals surface area contributed by atoms with Gasteiger partial charge in [0.25, 0.3) is 0 Å². The fourth-order valence-electron chi connectivity index (χ4n) is 2.54. The molecular weight excluding hydrogens is 298 g/mol. The van der Waals surface area contributed by atoms with Crippen molar-refractivity contribution < 1.29 is 0 Å². The Morgan fingerprint density at radius 1 is 1.00 bits per heavy atom. The summed E-state index contributed by atoms with van der Waals surface area (Å²) in [5.74, 6) is 0.874. The normalized spacial score (nSPS) is 11.3. The second kappa shape index (κ2) is 10.4. The van der Waals surface area contributed by atoms with Crippen LogP contribution < -0.4 is 15.5 Å². The van der Waals surface area contributed by atoms with Crippen LogP contribution in [-0.4, -0.2) is 44.3 Å². The van der Waals surface area contributed by atoms with E-state index in [9.17, 15) is 0 Å². The SMILES string of the molecule is CN=C(NCCCCN(C)c1ccccc1)NCCn1cccc1. The predicted molar refractivity (Wildman–Crippen MR) is 103 cm³/mol. The number of hydrogen-bond donors (Lipinski definition) is 2. The van der Waals surface area contributed by atoms with E-state index in [1.807, 2.05) is 19.2 Å². The van der Waals surface area contributed by atoms with Gasteiger partial charge in [0.05, 0.1) is 0 Å². The van der Waals surface area contributed by atoms with Crippen molar-refractivity contribution in [3.8, 4) is 0 Å². The molecule has 1 aromatic carbocycles. The predicted octanol–water partition coefficient (Wildman–Crippen LogP) is 2.57. The molecule has 0 atom stereocenters. The maximum Gasteiger partial charge on any atom is 0.191 e. The summed E-state index contributed by atoms with van der Waals surface area (Å²) in [7, 11) is 3.96. The molecule has 0 bridgehead atoms. The number of para-hydroxylation sites is 1. The zero-order valence-corrected chi connectivity index (χ0v) is 14.8. The van der Waals surface area contributed by atoms with E-state index in [-0.39, 0.29) is 0 Å². The molecule has 0 aliphatic carbocycles. The quantitative estimate of drug-likeness (QED) is 0.423. The van der Waals surface area contributed by atoms with Crippen LogP contribution in [0.4, 0.5) is 5.69 Å². The van der Waals surface area contributed by atoms with E-state index in [0.29, 0.717) is 0 Å². The molecule has 0 radical (unpaired) electrons. The standard InChI is InChI=1S/C19H29N5/c1-20-19(22-13-17-24-15-8-9-16-24)21-12-6-7-14-23(2)18-10-4-3-5-11-18/h3-5,8-11,15-16H,6-7,12-14,17H2,1-2H3,(H2,20,21,22). The smallest absolute Gasteiger partial charge is 0.191 e. The van der Waals surface area contributed by atoms with E-state index in [2.05, 4.69) is 74.9 Å². The van der Waals surface area contributed by atoms with E-state index < -0.39 is 0 Å². The number of rotatable bonds is 9. The van der Waals surface area contributed by atoms with Gasteiger partial charge in [0.1, 0.15) is 0 Å². The number of nitrogens with zero attached hydrogens (tertiary/aromatic N) is 3. The minimum absolute atomic E-state index is 0.866. The summed E-state index contributed by atoms with van der Waals surface area (Å²) in [6.07, 6.45) is 6.41. The number of guanidine groups is 1. The molecule has 2 aromatic rings. The van der Waals surface area contributed by atoms with Gasteiger partial charge in [-0.05, 0) is 37.1 Å². The topological polar surface area (TPSA) is 44.6 Å². The largest absolute Gasteiger partial charge is 0.375 e. The van der Waals surface area contributed by atoms with Crippen molar-refractivity contribution in [1.82, 2.24) is 15.2 Å². The van der Waals surface area contributed by atoms with Crippen LogP contribution in [-0.2, 0) is 6.54 Å². The molecule has 5 heteroatoms. The van der Waals surface area contributed by atoms with Gasteiger partial charge < -0.3 is 20.1 Å². The Bertz CT molecular complexity index is 577. The molecule has 2 N–H and O–H groups in total. The molecule has 24 heavy (non-hydrogen) atoms. The number of unbranched alkanes of at least 4 members (excludes halogenated alkanes) is 1. The van der Waals surface area contributed by atoms with Gasteiger partial charge in [-0.2, -0.15) is 0 Å². The van der Waals surface area contributed by atoms with Gasteiger partial charge in [-0.15, -0.1) is 0 Å². The summed E-state index contributed by atoms with van der Waals surface area (Å²) in [5, 5.41) is 6.71. The van der Waals surface area contributed by atoms with Crippen LogP contribution in [0.15, 0.2) is 59.9 Å². The molecule has 0 spiro atoms. The fourth-order valence-corrected chi connectivity index (χ4v) is 2.54. The molecule has 2 rings (SSSR count). The zero-order chi connectivity index (χ0) is 17.0. The molecule has 0 unspecified atom stereocenters. The van der Waals surface area contributed by atoms with E-state index in [4.69, 9.17) is 0 Å². The lowest BCUT2D eigenvalue weighted by atomic mass is 10.2.